The number of hydrogen-bond acceptors (Lipinski definition) is 2. The first-order chi connectivity index (χ1) is 8.86. The van der Waals surface area contributed by atoms with Gasteiger partial charge in [0.25, 0.3) is 0 Å². The molecule has 0 heterocycles. The summed E-state index contributed by atoms with van der Waals surface area (Å²) in [7, 11) is 1.57. The van der Waals surface area contributed by atoms with Gasteiger partial charge in [-0.1, -0.05) is 26.7 Å². The quantitative estimate of drug-likeness (QED) is 0.691. The molecule has 5 nitrogen and oxygen atoms in total. The van der Waals surface area contributed by atoms with Gasteiger partial charge in [0.2, 0.25) is 0 Å². The Morgan fingerprint density at radius 2 is 1.74 bits per heavy atom. The van der Waals surface area contributed by atoms with Crippen LogP contribution >= 0.6 is 0 Å². The monoisotopic (exact) mass is 272 g/mol. The van der Waals surface area contributed by atoms with Gasteiger partial charge in [0.05, 0.1) is 0 Å². The van der Waals surface area contributed by atoms with E-state index in [2.05, 4.69) is 6.92 Å². The highest BCUT2D eigenvalue weighted by atomic mass is 16.4. The molecule has 1 atom stereocenters. The molecule has 112 valence electrons. The average molecular weight is 272 g/mol. The Kier molecular flexibility index (Phi) is 8.19. The van der Waals surface area contributed by atoms with Gasteiger partial charge < -0.3 is 14.9 Å². The Hall–Kier alpha value is -1.26. The van der Waals surface area contributed by atoms with Crippen molar-refractivity contribution in [2.75, 3.05) is 13.6 Å². The third kappa shape index (κ3) is 5.49. The third-order valence-corrected chi connectivity index (χ3v) is 3.31. The highest BCUT2D eigenvalue weighted by Crippen LogP contribution is 2.11. The third-order valence-electron chi connectivity index (χ3n) is 3.31. The molecular formula is C14H28N2O3. The van der Waals surface area contributed by atoms with Gasteiger partial charge in [0, 0.05) is 19.6 Å². The number of likely N-dealkylation sites (N-methyl/N-ethyl adjacent to an activating group) is 1. The van der Waals surface area contributed by atoms with Crippen LogP contribution in [-0.2, 0) is 4.79 Å². The van der Waals surface area contributed by atoms with Crippen LogP contribution in [0.15, 0.2) is 0 Å². The minimum absolute atomic E-state index is 0.0816. The standard InChI is InChI=1S/C14H28N2O3/c1-6-8-9-10-16(11(3)4)14(19)15(5)12(7-2)13(17)18/h11-12H,6-10H2,1-5H3,(H,17,18). The molecule has 0 aromatic carbocycles. The lowest BCUT2D eigenvalue weighted by Gasteiger charge is -2.33. The van der Waals surface area contributed by atoms with Crippen LogP contribution in [0.5, 0.6) is 0 Å². The Morgan fingerprint density at radius 1 is 1.16 bits per heavy atom. The number of carbonyl (C=O) groups excluding carboxylic acids is 1. The summed E-state index contributed by atoms with van der Waals surface area (Å²) in [5, 5.41) is 9.11. The number of amides is 2. The average Bonchev–Trinajstić information content (AvgIpc) is 2.33. The zero-order chi connectivity index (χ0) is 15.0. The van der Waals surface area contributed by atoms with Crippen LogP contribution in [0, 0.1) is 0 Å². The summed E-state index contributed by atoms with van der Waals surface area (Å²) < 4.78 is 0. The van der Waals surface area contributed by atoms with Crippen molar-refractivity contribution in [3.8, 4) is 0 Å². The van der Waals surface area contributed by atoms with E-state index < -0.39 is 12.0 Å². The first-order valence-corrected chi connectivity index (χ1v) is 7.12. The van der Waals surface area contributed by atoms with E-state index in [1.165, 1.54) is 4.90 Å². The van der Waals surface area contributed by atoms with Crippen LogP contribution in [0.2, 0.25) is 0 Å². The van der Waals surface area contributed by atoms with E-state index in [0.717, 1.165) is 19.3 Å². The number of aliphatic carboxylic acids is 1. The molecular weight excluding hydrogens is 244 g/mol. The molecule has 0 spiro atoms. The van der Waals surface area contributed by atoms with E-state index in [1.54, 1.807) is 18.9 Å². The molecule has 5 heteroatoms. The fraction of sp³-hybridized carbons (Fsp3) is 0.857. The summed E-state index contributed by atoms with van der Waals surface area (Å²) in [5.74, 6) is -0.949. The second kappa shape index (κ2) is 8.77. The highest BCUT2D eigenvalue weighted by molar-refractivity contribution is 5.82. The molecule has 0 rings (SSSR count). The second-order valence-electron chi connectivity index (χ2n) is 5.15. The summed E-state index contributed by atoms with van der Waals surface area (Å²) in [5.41, 5.74) is 0. The number of unbranched alkanes of at least 4 members (excludes halogenated alkanes) is 2. The summed E-state index contributed by atoms with van der Waals surface area (Å²) in [6.45, 7) is 8.49. The number of hydrogen-bond donors (Lipinski definition) is 1. The topological polar surface area (TPSA) is 60.9 Å². The minimum Gasteiger partial charge on any atom is -0.480 e. The van der Waals surface area contributed by atoms with Crippen molar-refractivity contribution < 1.29 is 14.7 Å². The molecule has 0 fully saturated rings. The normalized spacial score (nSPS) is 12.3. The summed E-state index contributed by atoms with van der Waals surface area (Å²) in [4.78, 5) is 26.6. The van der Waals surface area contributed by atoms with Gasteiger partial charge in [-0.15, -0.1) is 0 Å². The smallest absolute Gasteiger partial charge is 0.326 e. The van der Waals surface area contributed by atoms with E-state index in [4.69, 9.17) is 5.11 Å². The molecule has 0 aliphatic heterocycles. The zero-order valence-electron chi connectivity index (χ0n) is 12.8. The van der Waals surface area contributed by atoms with Gasteiger partial charge in [-0.25, -0.2) is 9.59 Å². The highest BCUT2D eigenvalue weighted by Gasteiger charge is 2.28. The second-order valence-corrected chi connectivity index (χ2v) is 5.15. The largest absolute Gasteiger partial charge is 0.480 e. The van der Waals surface area contributed by atoms with Crippen molar-refractivity contribution in [1.29, 1.82) is 0 Å². The van der Waals surface area contributed by atoms with Crippen LogP contribution in [0.1, 0.15) is 53.4 Å². The predicted octanol–water partition coefficient (Wildman–Crippen LogP) is 2.80. The lowest BCUT2D eigenvalue weighted by molar-refractivity contribution is -0.142. The van der Waals surface area contributed by atoms with Crippen molar-refractivity contribution in [3.05, 3.63) is 0 Å². The van der Waals surface area contributed by atoms with Crippen LogP contribution in [-0.4, -0.2) is 52.6 Å². The van der Waals surface area contributed by atoms with E-state index in [0.29, 0.717) is 13.0 Å². The fourth-order valence-electron chi connectivity index (χ4n) is 2.06. The molecule has 19 heavy (non-hydrogen) atoms. The number of carboxylic acid groups (broad SMARTS) is 1. The molecule has 0 aromatic heterocycles. The van der Waals surface area contributed by atoms with Crippen LogP contribution in [0.3, 0.4) is 0 Å². The maximum atomic E-state index is 12.4. The number of carboxylic acids is 1. The minimum atomic E-state index is -0.949. The predicted molar refractivity (Wildman–Crippen MR) is 76.2 cm³/mol. The van der Waals surface area contributed by atoms with Gasteiger partial charge in [-0.3, -0.25) is 0 Å². The lowest BCUT2D eigenvalue weighted by atomic mass is 10.2. The van der Waals surface area contributed by atoms with Crippen molar-refractivity contribution >= 4 is 12.0 Å². The SMILES string of the molecule is CCCCCN(C(=O)N(C)C(CC)C(=O)O)C(C)C. The number of nitrogens with zero attached hydrogens (tertiary/aromatic N) is 2. The first-order valence-electron chi connectivity index (χ1n) is 7.12. The zero-order valence-corrected chi connectivity index (χ0v) is 12.8. The van der Waals surface area contributed by atoms with Crippen molar-refractivity contribution in [1.82, 2.24) is 9.80 Å². The molecule has 0 saturated carbocycles. The lowest BCUT2D eigenvalue weighted by Crippen LogP contribution is -2.51. The molecule has 0 aliphatic rings. The number of rotatable bonds is 8. The van der Waals surface area contributed by atoms with E-state index in [-0.39, 0.29) is 12.1 Å². The van der Waals surface area contributed by atoms with E-state index in [9.17, 15) is 9.59 Å². The molecule has 1 N–H and O–H groups in total. The van der Waals surface area contributed by atoms with Gasteiger partial charge in [-0.2, -0.15) is 0 Å². The Bertz CT molecular complexity index is 292. The summed E-state index contributed by atoms with van der Waals surface area (Å²) in [6.07, 6.45) is 3.55. The molecule has 0 aromatic rings. The van der Waals surface area contributed by atoms with Crippen molar-refractivity contribution in [2.45, 2.75) is 65.5 Å². The van der Waals surface area contributed by atoms with Crippen molar-refractivity contribution in [2.24, 2.45) is 0 Å². The maximum absolute atomic E-state index is 12.4. The van der Waals surface area contributed by atoms with Gasteiger partial charge in [0.1, 0.15) is 6.04 Å². The molecule has 0 aliphatic carbocycles. The Labute approximate surface area is 116 Å². The fourth-order valence-corrected chi connectivity index (χ4v) is 2.06. The number of carbonyl (C=O) groups is 2. The molecule has 2 amide bonds. The van der Waals surface area contributed by atoms with Gasteiger partial charge in [0.15, 0.2) is 0 Å². The van der Waals surface area contributed by atoms with Crippen molar-refractivity contribution in [3.63, 3.8) is 0 Å². The van der Waals surface area contributed by atoms with E-state index in [1.807, 2.05) is 13.8 Å². The van der Waals surface area contributed by atoms with Crippen LogP contribution in [0.25, 0.3) is 0 Å². The first kappa shape index (κ1) is 17.7. The van der Waals surface area contributed by atoms with Crippen LogP contribution < -0.4 is 0 Å². The molecule has 0 bridgehead atoms. The number of urea groups is 1. The molecule has 0 saturated heterocycles. The molecule has 1 unspecified atom stereocenters. The van der Waals surface area contributed by atoms with Gasteiger partial charge >= 0.3 is 12.0 Å². The van der Waals surface area contributed by atoms with Gasteiger partial charge in [-0.05, 0) is 26.7 Å². The molecule has 0 radical (unpaired) electrons. The Morgan fingerprint density at radius 3 is 2.11 bits per heavy atom. The van der Waals surface area contributed by atoms with Crippen LogP contribution in [0.4, 0.5) is 4.79 Å². The maximum Gasteiger partial charge on any atom is 0.326 e. The van der Waals surface area contributed by atoms with E-state index >= 15 is 0 Å². The summed E-state index contributed by atoms with van der Waals surface area (Å²) in [6, 6.07) is -0.863. The Balaban J connectivity index is 4.73. The summed E-state index contributed by atoms with van der Waals surface area (Å²) >= 11 is 0.